The van der Waals surface area contributed by atoms with Crippen molar-refractivity contribution >= 4 is 5.69 Å². The molecule has 0 bridgehead atoms. The van der Waals surface area contributed by atoms with E-state index in [9.17, 15) is 4.39 Å². The molecule has 0 radical (unpaired) electrons. The van der Waals surface area contributed by atoms with Crippen molar-refractivity contribution < 1.29 is 4.39 Å². The second-order valence-electron chi connectivity index (χ2n) is 7.35. The highest BCUT2D eigenvalue weighted by atomic mass is 19.1. The second kappa shape index (κ2) is 6.78. The Labute approximate surface area is 139 Å². The minimum atomic E-state index is -0.0882. The minimum absolute atomic E-state index is 0.0882. The van der Waals surface area contributed by atoms with Crippen molar-refractivity contribution in [2.75, 3.05) is 44.2 Å². The van der Waals surface area contributed by atoms with E-state index in [4.69, 9.17) is 0 Å². The summed E-state index contributed by atoms with van der Waals surface area (Å²) in [7, 11) is 0. The zero-order valence-electron chi connectivity index (χ0n) is 14.0. The molecule has 1 aromatic carbocycles. The molecule has 0 amide bonds. The van der Waals surface area contributed by atoms with Gasteiger partial charge >= 0.3 is 0 Å². The maximum absolute atomic E-state index is 13.9. The van der Waals surface area contributed by atoms with Crippen molar-refractivity contribution in [3.63, 3.8) is 0 Å². The van der Waals surface area contributed by atoms with Crippen LogP contribution >= 0.6 is 0 Å². The van der Waals surface area contributed by atoms with E-state index in [1.807, 2.05) is 12.1 Å². The quantitative estimate of drug-likeness (QED) is 0.848. The summed E-state index contributed by atoms with van der Waals surface area (Å²) in [6, 6.07) is 8.77. The van der Waals surface area contributed by atoms with Gasteiger partial charge in [0.15, 0.2) is 0 Å². The predicted molar refractivity (Wildman–Crippen MR) is 92.4 cm³/mol. The van der Waals surface area contributed by atoms with Crippen LogP contribution < -0.4 is 4.90 Å². The normalized spacial score (nSPS) is 27.9. The van der Waals surface area contributed by atoms with E-state index in [0.29, 0.717) is 6.04 Å². The van der Waals surface area contributed by atoms with Gasteiger partial charge in [0.1, 0.15) is 5.82 Å². The van der Waals surface area contributed by atoms with Crippen LogP contribution in [0.4, 0.5) is 10.1 Å². The lowest BCUT2D eigenvalue weighted by Gasteiger charge is -2.47. The van der Waals surface area contributed by atoms with Crippen molar-refractivity contribution in [3.05, 3.63) is 30.1 Å². The van der Waals surface area contributed by atoms with E-state index in [0.717, 1.165) is 37.9 Å². The van der Waals surface area contributed by atoms with Gasteiger partial charge in [-0.1, -0.05) is 18.6 Å². The molecule has 2 heterocycles. The molecular weight excluding hydrogens is 289 g/mol. The van der Waals surface area contributed by atoms with Gasteiger partial charge in [-0.3, -0.25) is 9.80 Å². The molecule has 3 fully saturated rings. The van der Waals surface area contributed by atoms with Crippen LogP contribution in [0.3, 0.4) is 0 Å². The van der Waals surface area contributed by atoms with E-state index >= 15 is 0 Å². The maximum atomic E-state index is 13.9. The average molecular weight is 317 g/mol. The number of para-hydroxylation sites is 1. The van der Waals surface area contributed by atoms with Crippen molar-refractivity contribution in [3.8, 4) is 0 Å². The standard InChI is InChI=1S/C19H28FN3/c20-18-8-1-2-9-19(18)22-13-11-21(12-14-22)17-7-4-10-23(15-17)16-5-3-6-16/h1-2,8-9,16-17H,3-7,10-15H2/t17-/m1/s1. The van der Waals surface area contributed by atoms with E-state index in [-0.39, 0.29) is 5.82 Å². The van der Waals surface area contributed by atoms with Crippen molar-refractivity contribution in [1.29, 1.82) is 0 Å². The van der Waals surface area contributed by atoms with Gasteiger partial charge in [-0.25, -0.2) is 4.39 Å². The van der Waals surface area contributed by atoms with Crippen LogP contribution in [-0.4, -0.2) is 61.2 Å². The molecule has 23 heavy (non-hydrogen) atoms. The first-order valence-electron chi connectivity index (χ1n) is 9.29. The zero-order valence-corrected chi connectivity index (χ0v) is 14.0. The molecule has 4 rings (SSSR count). The van der Waals surface area contributed by atoms with Crippen LogP contribution in [0.15, 0.2) is 24.3 Å². The summed E-state index contributed by atoms with van der Waals surface area (Å²) in [6.07, 6.45) is 6.92. The number of hydrogen-bond donors (Lipinski definition) is 0. The summed E-state index contributed by atoms with van der Waals surface area (Å²) >= 11 is 0. The van der Waals surface area contributed by atoms with Gasteiger partial charge in [-0.2, -0.15) is 0 Å². The number of nitrogens with zero attached hydrogens (tertiary/aromatic N) is 3. The van der Waals surface area contributed by atoms with Crippen LogP contribution in [-0.2, 0) is 0 Å². The summed E-state index contributed by atoms with van der Waals surface area (Å²) in [6.45, 7) is 6.58. The number of likely N-dealkylation sites (tertiary alicyclic amines) is 1. The molecule has 126 valence electrons. The Bertz CT molecular complexity index is 523. The average Bonchev–Trinajstić information content (AvgIpc) is 2.54. The fourth-order valence-corrected chi connectivity index (χ4v) is 4.40. The molecule has 0 N–H and O–H groups in total. The number of halogens is 1. The molecule has 3 nitrogen and oxygen atoms in total. The van der Waals surface area contributed by atoms with E-state index in [2.05, 4.69) is 14.7 Å². The molecule has 0 unspecified atom stereocenters. The van der Waals surface area contributed by atoms with Gasteiger partial charge in [-0.15, -0.1) is 0 Å². The molecule has 0 spiro atoms. The first kappa shape index (κ1) is 15.4. The number of hydrogen-bond acceptors (Lipinski definition) is 3. The summed E-state index contributed by atoms with van der Waals surface area (Å²) in [5.74, 6) is -0.0882. The lowest BCUT2D eigenvalue weighted by Crippen LogP contribution is -2.57. The molecule has 3 aliphatic rings. The number of anilines is 1. The molecular formula is C19H28FN3. The summed E-state index contributed by atoms with van der Waals surface area (Å²) < 4.78 is 13.9. The van der Waals surface area contributed by atoms with Gasteiger partial charge in [0, 0.05) is 44.8 Å². The molecule has 1 aliphatic carbocycles. The lowest BCUT2D eigenvalue weighted by molar-refractivity contribution is 0.0419. The van der Waals surface area contributed by atoms with Gasteiger partial charge < -0.3 is 4.90 Å². The highest BCUT2D eigenvalue weighted by molar-refractivity contribution is 5.48. The smallest absolute Gasteiger partial charge is 0.146 e. The summed E-state index contributed by atoms with van der Waals surface area (Å²) in [4.78, 5) is 7.60. The minimum Gasteiger partial charge on any atom is -0.367 e. The van der Waals surface area contributed by atoms with Gasteiger partial charge in [0.25, 0.3) is 0 Å². The Hall–Kier alpha value is -1.13. The Balaban J connectivity index is 1.33. The van der Waals surface area contributed by atoms with Gasteiger partial charge in [0.2, 0.25) is 0 Å². The van der Waals surface area contributed by atoms with Crippen LogP contribution in [0.2, 0.25) is 0 Å². The van der Waals surface area contributed by atoms with Crippen molar-refractivity contribution in [1.82, 2.24) is 9.80 Å². The number of piperidine rings is 1. The predicted octanol–water partition coefficient (Wildman–Crippen LogP) is 2.96. The Morgan fingerprint density at radius 2 is 1.52 bits per heavy atom. The van der Waals surface area contributed by atoms with Crippen LogP contribution in [0.5, 0.6) is 0 Å². The van der Waals surface area contributed by atoms with E-state index in [1.165, 1.54) is 45.2 Å². The Morgan fingerprint density at radius 3 is 2.22 bits per heavy atom. The third-order valence-electron chi connectivity index (χ3n) is 6.04. The first-order valence-corrected chi connectivity index (χ1v) is 9.29. The van der Waals surface area contributed by atoms with E-state index in [1.54, 1.807) is 12.1 Å². The first-order chi connectivity index (χ1) is 11.3. The zero-order chi connectivity index (χ0) is 15.6. The second-order valence-corrected chi connectivity index (χ2v) is 7.35. The summed E-state index contributed by atoms with van der Waals surface area (Å²) in [5, 5.41) is 0. The van der Waals surface area contributed by atoms with Crippen LogP contribution in [0, 0.1) is 5.82 Å². The lowest BCUT2D eigenvalue weighted by atomic mass is 9.89. The fourth-order valence-electron chi connectivity index (χ4n) is 4.40. The molecule has 1 atom stereocenters. The number of benzene rings is 1. The maximum Gasteiger partial charge on any atom is 0.146 e. The van der Waals surface area contributed by atoms with Gasteiger partial charge in [0.05, 0.1) is 5.69 Å². The highest BCUT2D eigenvalue weighted by Gasteiger charge is 2.33. The molecule has 2 aliphatic heterocycles. The third kappa shape index (κ3) is 3.24. The summed E-state index contributed by atoms with van der Waals surface area (Å²) in [5.41, 5.74) is 0.770. The molecule has 1 aromatic rings. The molecule has 4 heteroatoms. The number of piperazine rings is 1. The molecule has 2 saturated heterocycles. The van der Waals surface area contributed by atoms with Crippen molar-refractivity contribution in [2.45, 2.75) is 44.2 Å². The largest absolute Gasteiger partial charge is 0.367 e. The number of rotatable bonds is 3. The van der Waals surface area contributed by atoms with Crippen LogP contribution in [0.1, 0.15) is 32.1 Å². The fraction of sp³-hybridized carbons (Fsp3) is 0.684. The Kier molecular flexibility index (Phi) is 4.54. The Morgan fingerprint density at radius 1 is 0.783 bits per heavy atom. The van der Waals surface area contributed by atoms with E-state index < -0.39 is 0 Å². The molecule has 0 aromatic heterocycles. The topological polar surface area (TPSA) is 9.72 Å². The highest BCUT2D eigenvalue weighted by Crippen LogP contribution is 2.29. The molecule has 1 saturated carbocycles. The van der Waals surface area contributed by atoms with Gasteiger partial charge in [-0.05, 0) is 44.4 Å². The monoisotopic (exact) mass is 317 g/mol. The SMILES string of the molecule is Fc1ccccc1N1CCN([C@@H]2CCCN(C3CCC3)C2)CC1. The van der Waals surface area contributed by atoms with Crippen LogP contribution in [0.25, 0.3) is 0 Å². The van der Waals surface area contributed by atoms with Crippen molar-refractivity contribution in [2.24, 2.45) is 0 Å². The third-order valence-corrected chi connectivity index (χ3v) is 6.04.